The van der Waals surface area contributed by atoms with Crippen molar-refractivity contribution in [2.45, 2.75) is 25.8 Å². The number of carbonyl (C=O) groups excluding carboxylic acids is 1. The van der Waals surface area contributed by atoms with E-state index in [4.69, 9.17) is 0 Å². The van der Waals surface area contributed by atoms with Crippen molar-refractivity contribution in [3.05, 3.63) is 51.8 Å². The first kappa shape index (κ1) is 19.0. The van der Waals surface area contributed by atoms with Crippen LogP contribution in [0.3, 0.4) is 0 Å². The number of hydrogen-bond donors (Lipinski definition) is 0. The van der Waals surface area contributed by atoms with E-state index in [0.29, 0.717) is 29.8 Å². The molecule has 1 amide bonds. The molecule has 10 heteroatoms. The maximum atomic E-state index is 12.9. The first-order valence-electron chi connectivity index (χ1n) is 8.53. The van der Waals surface area contributed by atoms with E-state index in [9.17, 15) is 23.3 Å². The molecule has 0 saturated carbocycles. The van der Waals surface area contributed by atoms with Gasteiger partial charge >= 0.3 is 0 Å². The summed E-state index contributed by atoms with van der Waals surface area (Å²) in [6, 6.07) is 5.58. The van der Waals surface area contributed by atoms with Crippen molar-refractivity contribution in [2.24, 2.45) is 0 Å². The minimum absolute atomic E-state index is 0.0206. The number of nitrogens with zero attached hydrogens (tertiary/aromatic N) is 4. The van der Waals surface area contributed by atoms with E-state index in [0.717, 1.165) is 0 Å². The van der Waals surface area contributed by atoms with Crippen LogP contribution in [0.4, 0.5) is 5.69 Å². The highest BCUT2D eigenvalue weighted by molar-refractivity contribution is 7.91. The molecular weight excluding hydrogens is 372 g/mol. The number of rotatable bonds is 5. The van der Waals surface area contributed by atoms with Crippen molar-refractivity contribution < 1.29 is 18.1 Å². The van der Waals surface area contributed by atoms with Gasteiger partial charge in [-0.2, -0.15) is 5.10 Å². The molecule has 27 heavy (non-hydrogen) atoms. The maximum Gasteiger partial charge on any atom is 0.269 e. The van der Waals surface area contributed by atoms with E-state index >= 15 is 0 Å². The molecule has 2 aromatic rings. The fourth-order valence-corrected chi connectivity index (χ4v) is 5.04. The Morgan fingerprint density at radius 3 is 2.56 bits per heavy atom. The summed E-state index contributed by atoms with van der Waals surface area (Å²) in [6.45, 7) is 1.88. The Hall–Kier alpha value is -2.75. The van der Waals surface area contributed by atoms with Gasteiger partial charge in [0.05, 0.1) is 39.6 Å². The van der Waals surface area contributed by atoms with E-state index < -0.39 is 14.8 Å². The molecule has 1 atom stereocenters. The maximum absolute atomic E-state index is 12.9. The van der Waals surface area contributed by atoms with Gasteiger partial charge in [-0.15, -0.1) is 0 Å². The Morgan fingerprint density at radius 2 is 2.04 bits per heavy atom. The molecule has 1 aliphatic rings. The molecule has 0 aliphatic carbocycles. The number of benzene rings is 1. The summed E-state index contributed by atoms with van der Waals surface area (Å²) in [6.07, 6.45) is 2.42. The average molecular weight is 392 g/mol. The van der Waals surface area contributed by atoms with Gasteiger partial charge in [0.2, 0.25) is 0 Å². The summed E-state index contributed by atoms with van der Waals surface area (Å²) < 4.78 is 25.0. The molecule has 0 N–H and O–H groups in total. The first-order chi connectivity index (χ1) is 12.7. The molecule has 1 fully saturated rings. The fraction of sp³-hybridized carbons (Fsp3) is 0.412. The van der Waals surface area contributed by atoms with Crippen molar-refractivity contribution in [3.8, 4) is 5.69 Å². The summed E-state index contributed by atoms with van der Waals surface area (Å²) in [5.41, 5.74) is 1.66. The second-order valence-corrected chi connectivity index (χ2v) is 8.75. The lowest BCUT2D eigenvalue weighted by atomic mass is 10.1. The van der Waals surface area contributed by atoms with Crippen molar-refractivity contribution >= 4 is 21.4 Å². The number of carbonyl (C=O) groups is 1. The Kier molecular flexibility index (Phi) is 5.01. The molecule has 1 aromatic carbocycles. The van der Waals surface area contributed by atoms with Crippen LogP contribution < -0.4 is 0 Å². The standard InChI is InChI=1S/C17H20N4O5S/c1-3-16-15(17(22)19(2)14-8-9-27(25,26)11-14)10-18-20(16)12-4-6-13(7-5-12)21(23)24/h4-7,10,14H,3,8-9,11H2,1-2H3/t14-/m0/s1. The highest BCUT2D eigenvalue weighted by Crippen LogP contribution is 2.23. The van der Waals surface area contributed by atoms with E-state index in [1.165, 1.54) is 23.2 Å². The third kappa shape index (κ3) is 3.70. The molecule has 0 unspecified atom stereocenters. The zero-order chi connectivity index (χ0) is 19.8. The van der Waals surface area contributed by atoms with Crippen LogP contribution in [0.5, 0.6) is 0 Å². The van der Waals surface area contributed by atoms with Crippen LogP contribution >= 0.6 is 0 Å². The third-order valence-corrected chi connectivity index (χ3v) is 6.57. The normalized spacial score (nSPS) is 18.4. The van der Waals surface area contributed by atoms with Crippen LogP contribution in [0, 0.1) is 10.1 Å². The molecule has 0 bridgehead atoms. The molecular formula is C17H20N4O5S. The monoisotopic (exact) mass is 392 g/mol. The smallest absolute Gasteiger partial charge is 0.269 e. The average Bonchev–Trinajstić information content (AvgIpc) is 3.23. The molecule has 1 aliphatic heterocycles. The summed E-state index contributed by atoms with van der Waals surface area (Å²) in [5.74, 6) is -0.201. The van der Waals surface area contributed by atoms with Crippen LogP contribution in [0.15, 0.2) is 30.5 Å². The minimum Gasteiger partial charge on any atom is -0.338 e. The number of aromatic nitrogens is 2. The van der Waals surface area contributed by atoms with Gasteiger partial charge in [0.25, 0.3) is 11.6 Å². The highest BCUT2D eigenvalue weighted by Gasteiger charge is 2.34. The van der Waals surface area contributed by atoms with E-state index in [-0.39, 0.29) is 29.1 Å². The predicted molar refractivity (Wildman–Crippen MR) is 98.7 cm³/mol. The number of hydrogen-bond acceptors (Lipinski definition) is 6. The van der Waals surface area contributed by atoms with E-state index in [1.54, 1.807) is 23.9 Å². The zero-order valence-electron chi connectivity index (χ0n) is 15.0. The summed E-state index contributed by atoms with van der Waals surface area (Å²) >= 11 is 0. The van der Waals surface area contributed by atoms with E-state index in [1.807, 2.05) is 6.92 Å². The lowest BCUT2D eigenvalue weighted by molar-refractivity contribution is -0.384. The van der Waals surface area contributed by atoms with Gasteiger partial charge in [-0.25, -0.2) is 13.1 Å². The van der Waals surface area contributed by atoms with Crippen molar-refractivity contribution in [1.29, 1.82) is 0 Å². The van der Waals surface area contributed by atoms with Crippen LogP contribution in [-0.4, -0.2) is 58.5 Å². The zero-order valence-corrected chi connectivity index (χ0v) is 15.8. The topological polar surface area (TPSA) is 115 Å². The first-order valence-corrected chi connectivity index (χ1v) is 10.3. The third-order valence-electron chi connectivity index (χ3n) is 4.82. The van der Waals surface area contributed by atoms with E-state index in [2.05, 4.69) is 5.10 Å². The molecule has 9 nitrogen and oxygen atoms in total. The summed E-state index contributed by atoms with van der Waals surface area (Å²) in [7, 11) is -1.48. The van der Waals surface area contributed by atoms with Gasteiger partial charge in [0.15, 0.2) is 9.84 Å². The van der Waals surface area contributed by atoms with Gasteiger partial charge < -0.3 is 4.90 Å². The Morgan fingerprint density at radius 1 is 1.37 bits per heavy atom. The highest BCUT2D eigenvalue weighted by atomic mass is 32.2. The van der Waals surface area contributed by atoms with Crippen molar-refractivity contribution in [2.75, 3.05) is 18.6 Å². The Bertz CT molecular complexity index is 981. The van der Waals surface area contributed by atoms with Gasteiger partial charge in [-0.05, 0) is 25.0 Å². The van der Waals surface area contributed by atoms with Crippen LogP contribution in [-0.2, 0) is 16.3 Å². The predicted octanol–water partition coefficient (Wildman–Crippen LogP) is 1.60. The quantitative estimate of drug-likeness (QED) is 0.564. The van der Waals surface area contributed by atoms with Gasteiger partial charge in [-0.1, -0.05) is 6.92 Å². The molecule has 1 aromatic heterocycles. The van der Waals surface area contributed by atoms with Crippen LogP contribution in [0.2, 0.25) is 0 Å². The second-order valence-electron chi connectivity index (χ2n) is 6.52. The molecule has 0 radical (unpaired) electrons. The Balaban J connectivity index is 1.89. The number of nitro groups is 1. The number of sulfone groups is 1. The lowest BCUT2D eigenvalue weighted by Gasteiger charge is -2.23. The van der Waals surface area contributed by atoms with Gasteiger partial charge in [0, 0.05) is 25.2 Å². The Labute approximate surface area is 156 Å². The molecule has 2 heterocycles. The van der Waals surface area contributed by atoms with Crippen LogP contribution in [0.25, 0.3) is 5.69 Å². The van der Waals surface area contributed by atoms with Crippen molar-refractivity contribution in [1.82, 2.24) is 14.7 Å². The fourth-order valence-electron chi connectivity index (χ4n) is 3.27. The molecule has 0 spiro atoms. The molecule has 144 valence electrons. The SMILES string of the molecule is CCc1c(C(=O)N(C)[C@H]2CCS(=O)(=O)C2)cnn1-c1ccc([N+](=O)[O-])cc1. The number of amides is 1. The molecule has 1 saturated heterocycles. The molecule has 3 rings (SSSR count). The van der Waals surface area contributed by atoms with Crippen LogP contribution in [0.1, 0.15) is 29.4 Å². The minimum atomic E-state index is -3.09. The largest absolute Gasteiger partial charge is 0.338 e. The van der Waals surface area contributed by atoms with Gasteiger partial charge in [-0.3, -0.25) is 14.9 Å². The summed E-state index contributed by atoms with van der Waals surface area (Å²) in [4.78, 5) is 24.7. The van der Waals surface area contributed by atoms with Gasteiger partial charge in [0.1, 0.15) is 0 Å². The summed E-state index contributed by atoms with van der Waals surface area (Å²) in [5, 5.41) is 15.1. The van der Waals surface area contributed by atoms with Crippen molar-refractivity contribution in [3.63, 3.8) is 0 Å². The number of nitro benzene ring substituents is 1. The second kappa shape index (κ2) is 7.10. The lowest BCUT2D eigenvalue weighted by Crippen LogP contribution is -2.38. The number of non-ortho nitro benzene ring substituents is 1.